The molecule has 2 heterocycles. The van der Waals surface area contributed by atoms with Gasteiger partial charge in [0.05, 0.1) is 12.2 Å². The molecule has 0 radical (unpaired) electrons. The number of rotatable bonds is 2. The van der Waals surface area contributed by atoms with Gasteiger partial charge in [0.2, 0.25) is 0 Å². The van der Waals surface area contributed by atoms with E-state index in [9.17, 15) is 9.59 Å². The van der Waals surface area contributed by atoms with Crippen LogP contribution in [-0.2, 0) is 13.0 Å². The van der Waals surface area contributed by atoms with Crippen LogP contribution in [0.1, 0.15) is 34.6 Å². The third-order valence-corrected chi connectivity index (χ3v) is 3.46. The first-order chi connectivity index (χ1) is 9.25. The summed E-state index contributed by atoms with van der Waals surface area (Å²) in [5.41, 5.74) is 2.31. The van der Waals surface area contributed by atoms with Crippen LogP contribution in [0, 0.1) is 0 Å². The fourth-order valence-corrected chi connectivity index (χ4v) is 2.52. The number of pyridine rings is 2. The lowest BCUT2D eigenvalue weighted by Gasteiger charge is -2.19. The van der Waals surface area contributed by atoms with Crippen LogP contribution in [0.4, 0.5) is 0 Å². The van der Waals surface area contributed by atoms with Gasteiger partial charge in [-0.1, -0.05) is 6.07 Å². The van der Waals surface area contributed by atoms with E-state index in [2.05, 4.69) is 4.98 Å². The molecule has 0 bridgehead atoms. The first-order valence-corrected chi connectivity index (χ1v) is 6.41. The summed E-state index contributed by atoms with van der Waals surface area (Å²) < 4.78 is 1.68. The summed E-state index contributed by atoms with van der Waals surface area (Å²) in [5, 5.41) is 0. The molecule has 4 nitrogen and oxygen atoms in total. The average molecular weight is 254 g/mol. The molecule has 4 heteroatoms. The lowest BCUT2D eigenvalue weighted by Crippen LogP contribution is -2.28. The van der Waals surface area contributed by atoms with E-state index >= 15 is 0 Å². The maximum Gasteiger partial charge on any atom is 0.251 e. The van der Waals surface area contributed by atoms with Gasteiger partial charge in [-0.25, -0.2) is 0 Å². The molecule has 2 aromatic heterocycles. The summed E-state index contributed by atoms with van der Waals surface area (Å²) >= 11 is 0. The van der Waals surface area contributed by atoms with Crippen LogP contribution >= 0.6 is 0 Å². The molecule has 1 aliphatic rings. The number of Topliss-reactive ketones (excluding diaryl/α,β-unsaturated/α-hetero) is 1. The fraction of sp³-hybridized carbons (Fsp3) is 0.267. The quantitative estimate of drug-likeness (QED) is 0.821. The van der Waals surface area contributed by atoms with E-state index < -0.39 is 0 Å². The Bertz CT molecular complexity index is 674. The molecular weight excluding hydrogens is 240 g/mol. The van der Waals surface area contributed by atoms with Crippen LogP contribution in [0.25, 0.3) is 0 Å². The zero-order chi connectivity index (χ0) is 13.2. The summed E-state index contributed by atoms with van der Waals surface area (Å²) in [6, 6.07) is 8.76. The Balaban J connectivity index is 2.08. The third kappa shape index (κ3) is 2.21. The topological polar surface area (TPSA) is 52.0 Å². The van der Waals surface area contributed by atoms with Gasteiger partial charge in [-0.15, -0.1) is 0 Å². The highest BCUT2D eigenvalue weighted by molar-refractivity contribution is 5.97. The average Bonchev–Trinajstić information content (AvgIpc) is 2.43. The molecule has 0 unspecified atom stereocenters. The van der Waals surface area contributed by atoms with Crippen molar-refractivity contribution in [3.05, 3.63) is 63.8 Å². The summed E-state index contributed by atoms with van der Waals surface area (Å²) in [4.78, 5) is 28.1. The molecule has 0 saturated heterocycles. The van der Waals surface area contributed by atoms with Crippen molar-refractivity contribution < 1.29 is 4.79 Å². The number of aromatic nitrogens is 2. The van der Waals surface area contributed by atoms with Crippen LogP contribution < -0.4 is 5.56 Å². The first-order valence-electron chi connectivity index (χ1n) is 6.41. The molecule has 0 aliphatic heterocycles. The first kappa shape index (κ1) is 11.8. The van der Waals surface area contributed by atoms with Crippen LogP contribution in [0.2, 0.25) is 0 Å². The number of carbonyl (C=O) groups is 1. The molecule has 0 spiro atoms. The lowest BCUT2D eigenvalue weighted by molar-refractivity contribution is 0.0970. The Kier molecular flexibility index (Phi) is 2.99. The highest BCUT2D eigenvalue weighted by Gasteiger charge is 2.20. The highest BCUT2D eigenvalue weighted by atomic mass is 16.1. The van der Waals surface area contributed by atoms with Crippen molar-refractivity contribution in [1.29, 1.82) is 0 Å². The predicted octanol–water partition coefficient (Wildman–Crippen LogP) is 1.81. The summed E-state index contributed by atoms with van der Waals surface area (Å²) in [6.45, 7) is 0.427. The second-order valence-electron chi connectivity index (χ2n) is 4.72. The normalized spacial score (nSPS) is 14.2. The van der Waals surface area contributed by atoms with Crippen molar-refractivity contribution in [2.45, 2.75) is 25.8 Å². The molecule has 1 aliphatic carbocycles. The second-order valence-corrected chi connectivity index (χ2v) is 4.72. The largest absolute Gasteiger partial charge is 0.306 e. The van der Waals surface area contributed by atoms with Crippen molar-refractivity contribution in [2.24, 2.45) is 0 Å². The molecule has 0 fully saturated rings. The lowest BCUT2D eigenvalue weighted by atomic mass is 9.94. The van der Waals surface area contributed by atoms with E-state index in [1.54, 1.807) is 16.8 Å². The van der Waals surface area contributed by atoms with E-state index in [1.165, 1.54) is 6.07 Å². The number of carbonyl (C=O) groups excluding carboxylic acids is 1. The van der Waals surface area contributed by atoms with Crippen molar-refractivity contribution in [1.82, 2.24) is 9.55 Å². The smallest absolute Gasteiger partial charge is 0.251 e. The molecule has 0 atom stereocenters. The molecule has 96 valence electrons. The van der Waals surface area contributed by atoms with Gasteiger partial charge in [-0.2, -0.15) is 0 Å². The summed E-state index contributed by atoms with van der Waals surface area (Å²) in [7, 11) is 0. The zero-order valence-corrected chi connectivity index (χ0v) is 10.5. The monoisotopic (exact) mass is 254 g/mol. The van der Waals surface area contributed by atoms with E-state index in [0.29, 0.717) is 18.5 Å². The Morgan fingerprint density at radius 1 is 1.11 bits per heavy atom. The van der Waals surface area contributed by atoms with E-state index in [-0.39, 0.29) is 11.3 Å². The molecular formula is C15H14N2O2. The standard InChI is InChI=1S/C15H14N2O2/c18-14-6-3-5-13-12(14)7-8-15(19)17(13)10-11-4-1-2-9-16-11/h1-2,4,7-9H,3,5-6,10H2. The van der Waals surface area contributed by atoms with Gasteiger partial charge >= 0.3 is 0 Å². The number of nitrogens with zero attached hydrogens (tertiary/aromatic N) is 2. The molecule has 0 aromatic carbocycles. The van der Waals surface area contributed by atoms with Crippen LogP contribution in [0.3, 0.4) is 0 Å². The molecule has 0 saturated carbocycles. The minimum Gasteiger partial charge on any atom is -0.306 e. The Morgan fingerprint density at radius 2 is 2.00 bits per heavy atom. The van der Waals surface area contributed by atoms with Gasteiger partial charge in [-0.05, 0) is 31.0 Å². The Labute approximate surface area is 110 Å². The molecule has 0 N–H and O–H groups in total. The van der Waals surface area contributed by atoms with Gasteiger partial charge in [0.15, 0.2) is 5.78 Å². The molecule has 19 heavy (non-hydrogen) atoms. The van der Waals surface area contributed by atoms with Crippen molar-refractivity contribution in [2.75, 3.05) is 0 Å². The Morgan fingerprint density at radius 3 is 2.79 bits per heavy atom. The summed E-state index contributed by atoms with van der Waals surface area (Å²) in [5.74, 6) is 0.135. The minimum absolute atomic E-state index is 0.0703. The predicted molar refractivity (Wildman–Crippen MR) is 71.3 cm³/mol. The van der Waals surface area contributed by atoms with Gasteiger partial charge in [0.1, 0.15) is 0 Å². The van der Waals surface area contributed by atoms with Crippen LogP contribution in [0.15, 0.2) is 41.3 Å². The molecule has 2 aromatic rings. The van der Waals surface area contributed by atoms with Crippen LogP contribution in [-0.4, -0.2) is 15.3 Å². The van der Waals surface area contributed by atoms with Crippen molar-refractivity contribution in [3.63, 3.8) is 0 Å². The third-order valence-electron chi connectivity index (χ3n) is 3.46. The number of hydrogen-bond acceptors (Lipinski definition) is 3. The highest BCUT2D eigenvalue weighted by Crippen LogP contribution is 2.20. The maximum atomic E-state index is 12.0. The number of fused-ring (bicyclic) bond motifs is 1. The van der Waals surface area contributed by atoms with Gasteiger partial charge in [0, 0.05) is 29.9 Å². The number of ketones is 1. The molecule has 0 amide bonds. The van der Waals surface area contributed by atoms with Crippen molar-refractivity contribution >= 4 is 5.78 Å². The van der Waals surface area contributed by atoms with Crippen molar-refractivity contribution in [3.8, 4) is 0 Å². The van der Waals surface area contributed by atoms with Crippen LogP contribution in [0.5, 0.6) is 0 Å². The number of hydrogen-bond donors (Lipinski definition) is 0. The second kappa shape index (κ2) is 4.80. The summed E-state index contributed by atoms with van der Waals surface area (Å²) in [6.07, 6.45) is 3.89. The minimum atomic E-state index is -0.0703. The van der Waals surface area contributed by atoms with Gasteiger partial charge in [-0.3, -0.25) is 14.6 Å². The van der Waals surface area contributed by atoms with Gasteiger partial charge in [0.25, 0.3) is 5.56 Å². The zero-order valence-electron chi connectivity index (χ0n) is 10.5. The maximum absolute atomic E-state index is 12.0. The van der Waals surface area contributed by atoms with E-state index in [4.69, 9.17) is 0 Å². The van der Waals surface area contributed by atoms with E-state index in [1.807, 2.05) is 18.2 Å². The van der Waals surface area contributed by atoms with Gasteiger partial charge < -0.3 is 4.57 Å². The SMILES string of the molecule is O=C1CCCc2c1ccc(=O)n2Cc1ccccn1. The Hall–Kier alpha value is -2.23. The molecule has 3 rings (SSSR count). The fourth-order valence-electron chi connectivity index (χ4n) is 2.52. The van der Waals surface area contributed by atoms with E-state index in [0.717, 1.165) is 24.2 Å².